The highest BCUT2D eigenvalue weighted by molar-refractivity contribution is 9.10. The lowest BCUT2D eigenvalue weighted by molar-refractivity contribution is -0.145. The van der Waals surface area contributed by atoms with E-state index in [4.69, 9.17) is 5.73 Å². The summed E-state index contributed by atoms with van der Waals surface area (Å²) in [5.41, 5.74) is 4.89. The Kier molecular flexibility index (Phi) is 4.83. The molecule has 0 bridgehead atoms. The quantitative estimate of drug-likeness (QED) is 0.685. The summed E-state index contributed by atoms with van der Waals surface area (Å²) < 4.78 is 5.67. The van der Waals surface area contributed by atoms with Gasteiger partial charge >= 0.3 is 5.97 Å². The number of carbonyl (C=O) groups is 1. The fourth-order valence-corrected chi connectivity index (χ4v) is 2.23. The molecule has 0 aliphatic heterocycles. The Morgan fingerprint density at radius 2 is 2.06 bits per heavy atom. The van der Waals surface area contributed by atoms with Crippen LogP contribution in [0.2, 0.25) is 0 Å². The molecule has 0 aliphatic rings. The van der Waals surface area contributed by atoms with E-state index in [-0.39, 0.29) is 0 Å². The minimum absolute atomic E-state index is 0.392. The molecule has 3 nitrogen and oxygen atoms in total. The Hall–Kier alpha value is -0.520. The van der Waals surface area contributed by atoms with Crippen LogP contribution in [-0.2, 0) is 9.53 Å². The fourth-order valence-electron chi connectivity index (χ4n) is 1.06. The molecule has 1 aromatic carbocycles. The van der Waals surface area contributed by atoms with Gasteiger partial charge in [-0.1, -0.05) is 15.9 Å². The number of halogens is 1. The molecule has 1 unspecified atom stereocenters. The maximum atomic E-state index is 11.3. The smallest absolute Gasteiger partial charge is 0.326 e. The third kappa shape index (κ3) is 3.81. The molecule has 0 heterocycles. The van der Waals surface area contributed by atoms with Gasteiger partial charge in [0.25, 0.3) is 0 Å². The van der Waals surface area contributed by atoms with Gasteiger partial charge in [-0.2, -0.15) is 0 Å². The van der Waals surface area contributed by atoms with Crippen molar-refractivity contribution in [2.45, 2.75) is 17.4 Å². The van der Waals surface area contributed by atoms with Crippen molar-refractivity contribution in [1.82, 2.24) is 0 Å². The summed E-state index contributed by atoms with van der Waals surface area (Å²) in [6, 6.07) is 7.85. The van der Waals surface area contributed by atoms with Gasteiger partial charge in [0.15, 0.2) is 0 Å². The minimum atomic E-state index is -0.952. The van der Waals surface area contributed by atoms with Gasteiger partial charge < -0.3 is 10.5 Å². The van der Waals surface area contributed by atoms with Crippen LogP contribution in [0.4, 0.5) is 0 Å². The normalized spacial score (nSPS) is 14.2. The number of ether oxygens (including phenoxy) is 1. The predicted molar refractivity (Wildman–Crippen MR) is 69.5 cm³/mol. The lowest BCUT2D eigenvalue weighted by atomic mass is 10.1. The number of methoxy groups -OCH3 is 1. The van der Waals surface area contributed by atoms with Crippen molar-refractivity contribution in [2.24, 2.45) is 5.73 Å². The van der Waals surface area contributed by atoms with Gasteiger partial charge in [0.1, 0.15) is 5.54 Å². The zero-order chi connectivity index (χ0) is 12.2. The predicted octanol–water partition coefficient (Wildman–Crippen LogP) is 2.43. The molecular formula is C11H14BrNO2S. The lowest BCUT2D eigenvalue weighted by Gasteiger charge is -2.20. The topological polar surface area (TPSA) is 52.3 Å². The van der Waals surface area contributed by atoms with Crippen LogP contribution in [0.1, 0.15) is 6.92 Å². The first-order valence-electron chi connectivity index (χ1n) is 4.71. The summed E-state index contributed by atoms with van der Waals surface area (Å²) in [5, 5.41) is 0. The second kappa shape index (κ2) is 5.70. The Labute approximate surface area is 108 Å². The lowest BCUT2D eigenvalue weighted by Crippen LogP contribution is -2.48. The van der Waals surface area contributed by atoms with Crippen molar-refractivity contribution in [3.8, 4) is 0 Å². The molecule has 0 aromatic heterocycles. The van der Waals surface area contributed by atoms with Gasteiger partial charge in [-0.25, -0.2) is 0 Å². The van der Waals surface area contributed by atoms with E-state index in [1.165, 1.54) is 18.9 Å². The first kappa shape index (κ1) is 13.5. The number of rotatable bonds is 4. The average molecular weight is 304 g/mol. The largest absolute Gasteiger partial charge is 0.468 e. The first-order valence-corrected chi connectivity index (χ1v) is 6.49. The molecule has 0 fully saturated rings. The molecule has 1 atom stereocenters. The Morgan fingerprint density at radius 3 is 2.56 bits per heavy atom. The Bertz CT molecular complexity index is 365. The minimum Gasteiger partial charge on any atom is -0.468 e. The van der Waals surface area contributed by atoms with Gasteiger partial charge in [-0.15, -0.1) is 11.8 Å². The summed E-state index contributed by atoms with van der Waals surface area (Å²) in [4.78, 5) is 12.4. The van der Waals surface area contributed by atoms with E-state index >= 15 is 0 Å². The number of nitrogens with two attached hydrogens (primary N) is 1. The SMILES string of the molecule is COC(=O)C(C)(N)CSc1ccc(Br)cc1. The summed E-state index contributed by atoms with van der Waals surface area (Å²) in [7, 11) is 1.34. The third-order valence-electron chi connectivity index (χ3n) is 2.00. The van der Waals surface area contributed by atoms with Gasteiger partial charge in [-0.05, 0) is 31.2 Å². The highest BCUT2D eigenvalue weighted by Crippen LogP contribution is 2.23. The molecule has 16 heavy (non-hydrogen) atoms. The summed E-state index contributed by atoms with van der Waals surface area (Å²) in [6.07, 6.45) is 0. The molecule has 0 aliphatic carbocycles. The first-order chi connectivity index (χ1) is 7.45. The van der Waals surface area contributed by atoms with Crippen LogP contribution in [0.3, 0.4) is 0 Å². The van der Waals surface area contributed by atoms with Crippen LogP contribution >= 0.6 is 27.7 Å². The molecule has 0 saturated heterocycles. The van der Waals surface area contributed by atoms with Crippen LogP contribution in [-0.4, -0.2) is 24.4 Å². The zero-order valence-corrected chi connectivity index (χ0v) is 11.6. The summed E-state index contributed by atoms with van der Waals surface area (Å²) >= 11 is 4.90. The van der Waals surface area contributed by atoms with Crippen LogP contribution in [0.25, 0.3) is 0 Å². The number of esters is 1. The molecule has 0 saturated carbocycles. The third-order valence-corrected chi connectivity index (χ3v) is 3.88. The maximum Gasteiger partial charge on any atom is 0.326 e. The van der Waals surface area contributed by atoms with Gasteiger partial charge in [0, 0.05) is 15.1 Å². The van der Waals surface area contributed by atoms with Crippen molar-refractivity contribution in [1.29, 1.82) is 0 Å². The van der Waals surface area contributed by atoms with Crippen LogP contribution in [0, 0.1) is 0 Å². The average Bonchev–Trinajstić information content (AvgIpc) is 2.27. The molecule has 0 radical (unpaired) electrons. The molecule has 5 heteroatoms. The van der Waals surface area contributed by atoms with Crippen molar-refractivity contribution in [3.05, 3.63) is 28.7 Å². The number of thioether (sulfide) groups is 1. The van der Waals surface area contributed by atoms with E-state index in [9.17, 15) is 4.79 Å². The Balaban J connectivity index is 2.57. The highest BCUT2D eigenvalue weighted by Gasteiger charge is 2.29. The van der Waals surface area contributed by atoms with E-state index in [0.717, 1.165) is 9.37 Å². The van der Waals surface area contributed by atoms with E-state index in [2.05, 4.69) is 20.7 Å². The van der Waals surface area contributed by atoms with Crippen molar-refractivity contribution >= 4 is 33.7 Å². The number of carbonyl (C=O) groups excluding carboxylic acids is 1. The highest BCUT2D eigenvalue weighted by atomic mass is 79.9. The number of benzene rings is 1. The van der Waals surface area contributed by atoms with Crippen molar-refractivity contribution < 1.29 is 9.53 Å². The van der Waals surface area contributed by atoms with Gasteiger partial charge in [0.2, 0.25) is 0 Å². The van der Waals surface area contributed by atoms with Crippen LogP contribution in [0.15, 0.2) is 33.6 Å². The molecular weight excluding hydrogens is 290 g/mol. The summed E-state index contributed by atoms with van der Waals surface area (Å²) in [5.74, 6) is 0.0958. The van der Waals surface area contributed by atoms with E-state index < -0.39 is 11.5 Å². The van der Waals surface area contributed by atoms with Crippen LogP contribution < -0.4 is 5.73 Å². The Morgan fingerprint density at radius 1 is 1.50 bits per heavy atom. The standard InChI is InChI=1S/C11H14BrNO2S/c1-11(13,10(14)15-2)7-16-9-5-3-8(12)4-6-9/h3-6H,7,13H2,1-2H3. The number of hydrogen-bond donors (Lipinski definition) is 1. The second-order valence-electron chi connectivity index (χ2n) is 3.65. The molecule has 2 N–H and O–H groups in total. The summed E-state index contributed by atoms with van der Waals surface area (Å²) in [6.45, 7) is 1.67. The zero-order valence-electron chi connectivity index (χ0n) is 9.20. The molecule has 1 rings (SSSR count). The van der Waals surface area contributed by atoms with Crippen molar-refractivity contribution in [3.63, 3.8) is 0 Å². The van der Waals surface area contributed by atoms with E-state index in [1.54, 1.807) is 6.92 Å². The van der Waals surface area contributed by atoms with Gasteiger partial charge in [-0.3, -0.25) is 4.79 Å². The number of hydrogen-bond acceptors (Lipinski definition) is 4. The molecule has 1 aromatic rings. The van der Waals surface area contributed by atoms with Gasteiger partial charge in [0.05, 0.1) is 7.11 Å². The molecule has 0 amide bonds. The van der Waals surface area contributed by atoms with E-state index in [1.807, 2.05) is 24.3 Å². The fraction of sp³-hybridized carbons (Fsp3) is 0.364. The van der Waals surface area contributed by atoms with Crippen molar-refractivity contribution in [2.75, 3.05) is 12.9 Å². The monoisotopic (exact) mass is 303 g/mol. The van der Waals surface area contributed by atoms with Crippen LogP contribution in [0.5, 0.6) is 0 Å². The molecule has 88 valence electrons. The van der Waals surface area contributed by atoms with E-state index in [0.29, 0.717) is 5.75 Å². The molecule has 0 spiro atoms. The maximum absolute atomic E-state index is 11.3. The second-order valence-corrected chi connectivity index (χ2v) is 5.62.